The van der Waals surface area contributed by atoms with Gasteiger partial charge in [0.25, 0.3) is 0 Å². The summed E-state index contributed by atoms with van der Waals surface area (Å²) in [5.41, 5.74) is 2.31. The summed E-state index contributed by atoms with van der Waals surface area (Å²) in [4.78, 5) is 2.08. The van der Waals surface area contributed by atoms with E-state index < -0.39 is 0 Å². The summed E-state index contributed by atoms with van der Waals surface area (Å²) in [5.74, 6) is 0. The number of likely N-dealkylation sites (N-methyl/N-ethyl adjacent to an activating group) is 1. The SMILES string of the molecule is C=CC1=C(C=C)N(C)C(S)C(S)C1.CC.CC. The molecule has 17 heavy (non-hydrogen) atoms. The predicted octanol–water partition coefficient (Wildman–Crippen LogP) is 4.55. The Balaban J connectivity index is 0. The van der Waals surface area contributed by atoms with Crippen LogP contribution in [0.25, 0.3) is 0 Å². The highest BCUT2D eigenvalue weighted by Crippen LogP contribution is 2.31. The van der Waals surface area contributed by atoms with Crippen molar-refractivity contribution in [3.05, 3.63) is 36.6 Å². The summed E-state index contributed by atoms with van der Waals surface area (Å²) in [6, 6.07) is 0. The molecular weight excluding hydrogens is 246 g/mol. The van der Waals surface area contributed by atoms with Gasteiger partial charge in [-0.2, -0.15) is 25.3 Å². The van der Waals surface area contributed by atoms with E-state index in [9.17, 15) is 0 Å². The molecule has 2 atom stereocenters. The number of hydrogen-bond donors (Lipinski definition) is 2. The Bertz CT molecular complexity index is 259. The van der Waals surface area contributed by atoms with E-state index in [0.29, 0.717) is 0 Å². The van der Waals surface area contributed by atoms with Gasteiger partial charge in [0.1, 0.15) is 0 Å². The van der Waals surface area contributed by atoms with E-state index in [0.717, 1.165) is 12.1 Å². The van der Waals surface area contributed by atoms with Gasteiger partial charge in [0.15, 0.2) is 0 Å². The number of thiol groups is 2. The first-order valence-corrected chi connectivity index (χ1v) is 7.22. The van der Waals surface area contributed by atoms with Gasteiger partial charge in [0.05, 0.1) is 5.37 Å². The molecule has 2 unspecified atom stereocenters. The quantitative estimate of drug-likeness (QED) is 0.698. The Labute approximate surface area is 118 Å². The second-order valence-electron chi connectivity index (χ2n) is 3.11. The first kappa shape index (κ1) is 19.1. The Morgan fingerprint density at radius 1 is 1.12 bits per heavy atom. The van der Waals surface area contributed by atoms with Crippen molar-refractivity contribution in [3.8, 4) is 0 Å². The zero-order valence-electron chi connectivity index (χ0n) is 11.8. The average Bonchev–Trinajstić information content (AvgIpc) is 2.40. The van der Waals surface area contributed by atoms with Crippen LogP contribution in [-0.4, -0.2) is 22.6 Å². The highest BCUT2D eigenvalue weighted by molar-refractivity contribution is 7.85. The molecule has 1 rings (SSSR count). The monoisotopic (exact) mass is 273 g/mol. The molecule has 0 amide bonds. The molecule has 0 spiro atoms. The van der Waals surface area contributed by atoms with Gasteiger partial charge < -0.3 is 4.90 Å². The molecule has 0 aromatic heterocycles. The van der Waals surface area contributed by atoms with Crippen molar-refractivity contribution in [3.63, 3.8) is 0 Å². The minimum Gasteiger partial charge on any atom is -0.362 e. The van der Waals surface area contributed by atoms with Gasteiger partial charge in [-0.05, 0) is 18.1 Å². The molecule has 0 saturated carbocycles. The standard InChI is InChI=1S/C10H15NS2.2C2H6/c1-4-7-6-9(12)10(13)11(3)8(7)5-2;2*1-2/h4-5,9-10,12-13H,1-2,6H2,3H3;2*1-2H3. The third kappa shape index (κ3) is 5.26. The number of hydrogen-bond acceptors (Lipinski definition) is 3. The molecule has 3 heteroatoms. The van der Waals surface area contributed by atoms with Crippen LogP contribution in [0.15, 0.2) is 36.6 Å². The molecule has 0 radical (unpaired) electrons. The lowest BCUT2D eigenvalue weighted by Gasteiger charge is -2.37. The number of rotatable bonds is 2. The van der Waals surface area contributed by atoms with Crippen LogP contribution >= 0.6 is 25.3 Å². The summed E-state index contributed by atoms with van der Waals surface area (Å²) in [6.45, 7) is 15.6. The van der Waals surface area contributed by atoms with Crippen molar-refractivity contribution in [2.75, 3.05) is 7.05 Å². The van der Waals surface area contributed by atoms with Gasteiger partial charge in [0, 0.05) is 18.0 Å². The highest BCUT2D eigenvalue weighted by atomic mass is 32.1. The van der Waals surface area contributed by atoms with Gasteiger partial charge in [-0.25, -0.2) is 0 Å². The molecule has 1 heterocycles. The van der Waals surface area contributed by atoms with Crippen molar-refractivity contribution in [2.45, 2.75) is 44.7 Å². The molecule has 0 aromatic rings. The second kappa shape index (κ2) is 10.8. The largest absolute Gasteiger partial charge is 0.362 e. The Hall–Kier alpha value is -0.280. The van der Waals surface area contributed by atoms with Crippen molar-refractivity contribution < 1.29 is 0 Å². The molecule has 1 nitrogen and oxygen atoms in total. The van der Waals surface area contributed by atoms with Crippen molar-refractivity contribution in [1.29, 1.82) is 0 Å². The van der Waals surface area contributed by atoms with Crippen molar-refractivity contribution in [1.82, 2.24) is 4.90 Å². The molecule has 0 saturated heterocycles. The number of nitrogens with zero attached hydrogens (tertiary/aromatic N) is 1. The molecular formula is C14H27NS2. The zero-order valence-corrected chi connectivity index (χ0v) is 13.6. The van der Waals surface area contributed by atoms with E-state index in [-0.39, 0.29) is 10.6 Å². The van der Waals surface area contributed by atoms with Crippen LogP contribution in [0.5, 0.6) is 0 Å². The molecule has 0 bridgehead atoms. The van der Waals surface area contributed by atoms with Gasteiger partial charge >= 0.3 is 0 Å². The maximum absolute atomic E-state index is 4.48. The average molecular weight is 274 g/mol. The normalized spacial score (nSPS) is 22.9. The van der Waals surface area contributed by atoms with Crippen LogP contribution in [0.2, 0.25) is 0 Å². The molecule has 1 aliphatic rings. The molecule has 100 valence electrons. The second-order valence-corrected chi connectivity index (χ2v) is 4.31. The van der Waals surface area contributed by atoms with E-state index in [1.165, 1.54) is 5.57 Å². The predicted molar refractivity (Wildman–Crippen MR) is 88.0 cm³/mol. The van der Waals surface area contributed by atoms with Crippen LogP contribution in [0.4, 0.5) is 0 Å². The fraction of sp³-hybridized carbons (Fsp3) is 0.571. The minimum atomic E-state index is 0.153. The van der Waals surface area contributed by atoms with E-state index in [1.807, 2.05) is 46.9 Å². The first-order valence-electron chi connectivity index (χ1n) is 6.18. The Morgan fingerprint density at radius 2 is 1.59 bits per heavy atom. The smallest absolute Gasteiger partial charge is 0.0837 e. The summed E-state index contributed by atoms with van der Waals surface area (Å²) >= 11 is 8.95. The van der Waals surface area contributed by atoms with Gasteiger partial charge in [-0.3, -0.25) is 0 Å². The number of allylic oxidation sites excluding steroid dienone is 3. The molecule has 0 aliphatic carbocycles. The van der Waals surface area contributed by atoms with Crippen LogP contribution < -0.4 is 0 Å². The fourth-order valence-corrected chi connectivity index (χ4v) is 2.15. The molecule has 0 N–H and O–H groups in total. The van der Waals surface area contributed by atoms with E-state index in [1.54, 1.807) is 0 Å². The highest BCUT2D eigenvalue weighted by Gasteiger charge is 2.26. The van der Waals surface area contributed by atoms with Crippen LogP contribution in [0.3, 0.4) is 0 Å². The Morgan fingerprint density at radius 3 is 1.94 bits per heavy atom. The van der Waals surface area contributed by atoms with Crippen LogP contribution in [-0.2, 0) is 0 Å². The summed E-state index contributed by atoms with van der Waals surface area (Å²) in [5, 5.41) is 0.407. The molecule has 0 aromatic carbocycles. The van der Waals surface area contributed by atoms with Crippen LogP contribution in [0.1, 0.15) is 34.1 Å². The minimum absolute atomic E-state index is 0.153. The Kier molecular flexibility index (Phi) is 12.2. The molecule has 0 fully saturated rings. The van der Waals surface area contributed by atoms with E-state index in [4.69, 9.17) is 0 Å². The third-order valence-electron chi connectivity index (χ3n) is 2.32. The van der Waals surface area contributed by atoms with Crippen molar-refractivity contribution >= 4 is 25.3 Å². The van der Waals surface area contributed by atoms with Crippen LogP contribution in [0, 0.1) is 0 Å². The van der Waals surface area contributed by atoms with E-state index >= 15 is 0 Å². The lowest BCUT2D eigenvalue weighted by molar-refractivity contribution is 0.372. The zero-order chi connectivity index (χ0) is 14.0. The third-order valence-corrected chi connectivity index (χ3v) is 3.73. The van der Waals surface area contributed by atoms with Gasteiger partial charge in [-0.15, -0.1) is 0 Å². The maximum atomic E-state index is 4.48. The molecule has 1 aliphatic heterocycles. The summed E-state index contributed by atoms with van der Waals surface area (Å²) < 4.78 is 0. The van der Waals surface area contributed by atoms with Gasteiger partial charge in [0.2, 0.25) is 0 Å². The first-order chi connectivity index (χ1) is 8.11. The summed E-state index contributed by atoms with van der Waals surface area (Å²) in [7, 11) is 2.00. The topological polar surface area (TPSA) is 3.24 Å². The lowest BCUT2D eigenvalue weighted by Crippen LogP contribution is -2.38. The van der Waals surface area contributed by atoms with Crippen molar-refractivity contribution in [2.24, 2.45) is 0 Å². The lowest BCUT2D eigenvalue weighted by atomic mass is 10.0. The van der Waals surface area contributed by atoms with Gasteiger partial charge in [-0.1, -0.05) is 46.9 Å². The maximum Gasteiger partial charge on any atom is 0.0837 e. The fourth-order valence-electron chi connectivity index (χ4n) is 1.53. The van der Waals surface area contributed by atoms with E-state index in [2.05, 4.69) is 43.3 Å². The summed E-state index contributed by atoms with van der Waals surface area (Å²) in [6.07, 6.45) is 4.63.